The quantitative estimate of drug-likeness (QED) is 0.915. The van der Waals surface area contributed by atoms with Gasteiger partial charge >= 0.3 is 0 Å². The van der Waals surface area contributed by atoms with Crippen LogP contribution in [0.5, 0.6) is 11.5 Å². The molecule has 1 atom stereocenters. The highest BCUT2D eigenvalue weighted by atomic mass is 16.5. The van der Waals surface area contributed by atoms with Crippen LogP contribution < -0.4 is 14.8 Å². The molecule has 0 saturated carbocycles. The van der Waals surface area contributed by atoms with Gasteiger partial charge in [0.2, 0.25) is 0 Å². The molecule has 1 aliphatic carbocycles. The normalized spacial score (nSPS) is 16.6. The van der Waals surface area contributed by atoms with Gasteiger partial charge in [-0.05, 0) is 48.2 Å². The summed E-state index contributed by atoms with van der Waals surface area (Å²) in [7, 11) is 3.40. The molecule has 1 unspecified atom stereocenters. The smallest absolute Gasteiger partial charge is 0.120 e. The van der Waals surface area contributed by atoms with Crippen LogP contribution in [-0.2, 0) is 6.42 Å². The zero-order valence-electron chi connectivity index (χ0n) is 11.8. The van der Waals surface area contributed by atoms with Gasteiger partial charge in [0.25, 0.3) is 0 Å². The molecule has 1 aliphatic rings. The van der Waals surface area contributed by atoms with Crippen LogP contribution in [0.25, 0.3) is 0 Å². The van der Waals surface area contributed by atoms with Gasteiger partial charge < -0.3 is 14.8 Å². The van der Waals surface area contributed by atoms with E-state index in [9.17, 15) is 0 Å². The van der Waals surface area contributed by atoms with Crippen molar-refractivity contribution >= 4 is 5.69 Å². The lowest BCUT2D eigenvalue weighted by Gasteiger charge is -2.16. The average molecular weight is 269 g/mol. The van der Waals surface area contributed by atoms with Crippen LogP contribution in [0.15, 0.2) is 42.5 Å². The Hall–Kier alpha value is -2.16. The van der Waals surface area contributed by atoms with Crippen molar-refractivity contribution in [1.29, 1.82) is 0 Å². The predicted octanol–water partition coefficient (Wildman–Crippen LogP) is 3.80. The fourth-order valence-electron chi connectivity index (χ4n) is 2.77. The molecule has 0 radical (unpaired) electrons. The Kier molecular flexibility index (Phi) is 3.50. The molecule has 0 bridgehead atoms. The zero-order chi connectivity index (χ0) is 13.9. The molecule has 0 fully saturated rings. The van der Waals surface area contributed by atoms with Gasteiger partial charge in [-0.15, -0.1) is 0 Å². The Morgan fingerprint density at radius 3 is 2.60 bits per heavy atom. The molecule has 2 aromatic rings. The van der Waals surface area contributed by atoms with Crippen molar-refractivity contribution in [2.45, 2.75) is 18.9 Å². The van der Waals surface area contributed by atoms with Gasteiger partial charge in [-0.3, -0.25) is 0 Å². The SMILES string of the molecule is COc1cccc(NC2CCc3ccc(OC)cc32)c1. The summed E-state index contributed by atoms with van der Waals surface area (Å²) in [4.78, 5) is 0. The van der Waals surface area contributed by atoms with Crippen LogP contribution in [0, 0.1) is 0 Å². The first kappa shape index (κ1) is 12.9. The highest BCUT2D eigenvalue weighted by molar-refractivity contribution is 5.52. The average Bonchev–Trinajstić information content (AvgIpc) is 2.89. The molecule has 0 amide bonds. The summed E-state index contributed by atoms with van der Waals surface area (Å²) >= 11 is 0. The molecule has 20 heavy (non-hydrogen) atoms. The van der Waals surface area contributed by atoms with Gasteiger partial charge in [0.15, 0.2) is 0 Å². The van der Waals surface area contributed by atoms with Gasteiger partial charge in [0, 0.05) is 11.8 Å². The summed E-state index contributed by atoms with van der Waals surface area (Å²) in [6, 6.07) is 14.7. The van der Waals surface area contributed by atoms with Gasteiger partial charge in [0.05, 0.1) is 20.3 Å². The van der Waals surface area contributed by atoms with Crippen LogP contribution in [0.3, 0.4) is 0 Å². The number of hydrogen-bond donors (Lipinski definition) is 1. The highest BCUT2D eigenvalue weighted by Gasteiger charge is 2.22. The van der Waals surface area contributed by atoms with Crippen LogP contribution in [0.4, 0.5) is 5.69 Å². The second-order valence-electron chi connectivity index (χ2n) is 5.03. The molecule has 0 saturated heterocycles. The topological polar surface area (TPSA) is 30.5 Å². The Bertz CT molecular complexity index is 610. The Morgan fingerprint density at radius 2 is 1.80 bits per heavy atom. The number of methoxy groups -OCH3 is 2. The van der Waals surface area contributed by atoms with Crippen molar-refractivity contribution in [3.05, 3.63) is 53.6 Å². The Morgan fingerprint density at radius 1 is 1.00 bits per heavy atom. The molecule has 1 N–H and O–H groups in total. The van der Waals surface area contributed by atoms with Crippen molar-refractivity contribution < 1.29 is 9.47 Å². The van der Waals surface area contributed by atoms with E-state index in [2.05, 4.69) is 23.5 Å². The molecule has 3 nitrogen and oxygen atoms in total. The summed E-state index contributed by atoms with van der Waals surface area (Å²) in [6.45, 7) is 0. The van der Waals surface area contributed by atoms with E-state index in [1.165, 1.54) is 11.1 Å². The number of benzene rings is 2. The molecular weight excluding hydrogens is 250 g/mol. The zero-order valence-corrected chi connectivity index (χ0v) is 11.8. The van der Waals surface area contributed by atoms with Crippen molar-refractivity contribution in [2.75, 3.05) is 19.5 Å². The van der Waals surface area contributed by atoms with E-state index in [0.717, 1.165) is 30.0 Å². The number of anilines is 1. The summed E-state index contributed by atoms with van der Waals surface area (Å²) < 4.78 is 10.6. The number of ether oxygens (including phenoxy) is 2. The van der Waals surface area contributed by atoms with Gasteiger partial charge in [0.1, 0.15) is 11.5 Å². The molecule has 0 aromatic heterocycles. The lowest BCUT2D eigenvalue weighted by Crippen LogP contribution is -2.07. The predicted molar refractivity (Wildman–Crippen MR) is 80.7 cm³/mol. The minimum Gasteiger partial charge on any atom is -0.497 e. The number of aryl methyl sites for hydroxylation is 1. The van der Waals surface area contributed by atoms with E-state index in [0.29, 0.717) is 6.04 Å². The number of nitrogens with one attached hydrogen (secondary N) is 1. The largest absolute Gasteiger partial charge is 0.497 e. The minimum absolute atomic E-state index is 0.340. The summed E-state index contributed by atoms with van der Waals surface area (Å²) in [5.74, 6) is 1.79. The second-order valence-corrected chi connectivity index (χ2v) is 5.03. The van der Waals surface area contributed by atoms with E-state index in [1.54, 1.807) is 14.2 Å². The van der Waals surface area contributed by atoms with Crippen LogP contribution >= 0.6 is 0 Å². The fourth-order valence-corrected chi connectivity index (χ4v) is 2.77. The standard InChI is InChI=1S/C17H19NO2/c1-19-14-5-3-4-13(10-14)18-17-9-7-12-6-8-15(20-2)11-16(12)17/h3-6,8,10-11,17-18H,7,9H2,1-2H3. The third kappa shape index (κ3) is 2.44. The number of fused-ring (bicyclic) bond motifs is 1. The summed E-state index contributed by atoms with van der Waals surface area (Å²) in [6.07, 6.45) is 2.22. The second kappa shape index (κ2) is 5.45. The van der Waals surface area contributed by atoms with Crippen molar-refractivity contribution in [3.63, 3.8) is 0 Å². The molecule has 104 valence electrons. The maximum atomic E-state index is 5.33. The van der Waals surface area contributed by atoms with Crippen molar-refractivity contribution in [3.8, 4) is 11.5 Å². The van der Waals surface area contributed by atoms with E-state index in [-0.39, 0.29) is 0 Å². The molecule has 0 heterocycles. The van der Waals surface area contributed by atoms with E-state index >= 15 is 0 Å². The fraction of sp³-hybridized carbons (Fsp3) is 0.294. The first-order valence-corrected chi connectivity index (χ1v) is 6.87. The van der Waals surface area contributed by atoms with Crippen molar-refractivity contribution in [1.82, 2.24) is 0 Å². The van der Waals surface area contributed by atoms with Crippen molar-refractivity contribution in [2.24, 2.45) is 0 Å². The maximum absolute atomic E-state index is 5.33. The molecule has 0 aliphatic heterocycles. The van der Waals surface area contributed by atoms with Gasteiger partial charge in [-0.2, -0.15) is 0 Å². The third-order valence-corrected chi connectivity index (χ3v) is 3.84. The van der Waals surface area contributed by atoms with Gasteiger partial charge in [-0.25, -0.2) is 0 Å². The van der Waals surface area contributed by atoms with Crippen LogP contribution in [0.1, 0.15) is 23.6 Å². The molecule has 0 spiro atoms. The molecule has 3 rings (SSSR count). The molecule has 2 aromatic carbocycles. The number of hydrogen-bond acceptors (Lipinski definition) is 3. The summed E-state index contributed by atoms with van der Waals surface area (Å²) in [5.41, 5.74) is 3.84. The lowest BCUT2D eigenvalue weighted by molar-refractivity contribution is 0.414. The highest BCUT2D eigenvalue weighted by Crippen LogP contribution is 2.36. The van der Waals surface area contributed by atoms with E-state index < -0.39 is 0 Å². The minimum atomic E-state index is 0.340. The summed E-state index contributed by atoms with van der Waals surface area (Å²) in [5, 5.41) is 3.59. The van der Waals surface area contributed by atoms with Crippen LogP contribution in [-0.4, -0.2) is 14.2 Å². The van der Waals surface area contributed by atoms with Crippen LogP contribution in [0.2, 0.25) is 0 Å². The Balaban J connectivity index is 1.83. The number of rotatable bonds is 4. The lowest BCUT2D eigenvalue weighted by atomic mass is 10.1. The van der Waals surface area contributed by atoms with E-state index in [4.69, 9.17) is 9.47 Å². The maximum Gasteiger partial charge on any atom is 0.120 e. The molecule has 3 heteroatoms. The molecular formula is C17H19NO2. The third-order valence-electron chi connectivity index (χ3n) is 3.84. The first-order valence-electron chi connectivity index (χ1n) is 6.87. The first-order chi connectivity index (χ1) is 9.80. The van der Waals surface area contributed by atoms with Gasteiger partial charge in [-0.1, -0.05) is 12.1 Å². The monoisotopic (exact) mass is 269 g/mol. The Labute approximate surface area is 119 Å². The van der Waals surface area contributed by atoms with E-state index in [1.807, 2.05) is 24.3 Å².